The highest BCUT2D eigenvalue weighted by molar-refractivity contribution is 7.09. The van der Waals surface area contributed by atoms with Crippen LogP contribution in [0.1, 0.15) is 17.7 Å². The van der Waals surface area contributed by atoms with E-state index in [1.54, 1.807) is 16.2 Å². The Kier molecular flexibility index (Phi) is 5.30. The molecule has 2 aromatic rings. The van der Waals surface area contributed by atoms with Crippen LogP contribution >= 0.6 is 11.3 Å². The first kappa shape index (κ1) is 16.7. The Bertz CT molecular complexity index is 677. The van der Waals surface area contributed by atoms with Crippen molar-refractivity contribution in [1.29, 1.82) is 0 Å². The van der Waals surface area contributed by atoms with Crippen molar-refractivity contribution < 1.29 is 13.6 Å². The Morgan fingerprint density at radius 1 is 1.21 bits per heavy atom. The van der Waals surface area contributed by atoms with Gasteiger partial charge in [0.15, 0.2) is 11.6 Å². The van der Waals surface area contributed by atoms with E-state index >= 15 is 0 Å². The van der Waals surface area contributed by atoms with Gasteiger partial charge in [-0.05, 0) is 42.8 Å². The Morgan fingerprint density at radius 3 is 2.54 bits per heavy atom. The van der Waals surface area contributed by atoms with Crippen LogP contribution in [-0.2, 0) is 6.42 Å². The highest BCUT2D eigenvalue weighted by atomic mass is 32.1. The molecule has 2 amide bonds. The molecule has 4 nitrogen and oxygen atoms in total. The van der Waals surface area contributed by atoms with Gasteiger partial charge in [-0.25, -0.2) is 13.6 Å². The third kappa shape index (κ3) is 4.03. The van der Waals surface area contributed by atoms with Gasteiger partial charge in [0.2, 0.25) is 0 Å². The summed E-state index contributed by atoms with van der Waals surface area (Å²) >= 11 is 1.62. The SMILES string of the molecule is O=C(NCCc1cccs1)Nc1cc(F)c(N2CCCC2)c(F)c1. The molecule has 1 saturated heterocycles. The van der Waals surface area contributed by atoms with E-state index in [0.29, 0.717) is 19.6 Å². The summed E-state index contributed by atoms with van der Waals surface area (Å²) < 4.78 is 28.4. The quantitative estimate of drug-likeness (QED) is 0.855. The van der Waals surface area contributed by atoms with Crippen LogP contribution in [-0.4, -0.2) is 25.7 Å². The molecule has 24 heavy (non-hydrogen) atoms. The van der Waals surface area contributed by atoms with E-state index in [4.69, 9.17) is 0 Å². The minimum atomic E-state index is -0.647. The molecule has 7 heteroatoms. The molecule has 1 aromatic heterocycles. The fraction of sp³-hybridized carbons (Fsp3) is 0.353. The zero-order chi connectivity index (χ0) is 16.9. The largest absolute Gasteiger partial charge is 0.367 e. The third-order valence-corrected chi connectivity index (χ3v) is 4.87. The fourth-order valence-electron chi connectivity index (χ4n) is 2.81. The standard InChI is InChI=1S/C17H19F2N3OS/c18-14-10-12(11-15(19)16(14)22-7-1-2-8-22)21-17(23)20-6-5-13-4-3-9-24-13/h3-4,9-11H,1-2,5-8H2,(H2,20,21,23). The molecular formula is C17H19F2N3OS. The van der Waals surface area contributed by atoms with E-state index in [0.717, 1.165) is 31.4 Å². The Balaban J connectivity index is 1.57. The second kappa shape index (κ2) is 7.61. The van der Waals surface area contributed by atoms with Gasteiger partial charge in [0.25, 0.3) is 0 Å². The van der Waals surface area contributed by atoms with Crippen molar-refractivity contribution in [2.75, 3.05) is 29.9 Å². The molecule has 0 aliphatic carbocycles. The van der Waals surface area contributed by atoms with Gasteiger partial charge in [-0.1, -0.05) is 6.07 Å². The molecule has 128 valence electrons. The minimum Gasteiger partial charge on any atom is -0.367 e. The Labute approximate surface area is 143 Å². The van der Waals surface area contributed by atoms with Crippen molar-refractivity contribution in [3.05, 3.63) is 46.2 Å². The number of nitrogens with one attached hydrogen (secondary N) is 2. The lowest BCUT2D eigenvalue weighted by Crippen LogP contribution is -2.30. The van der Waals surface area contributed by atoms with Crippen LogP contribution in [0.2, 0.25) is 0 Å². The average molecular weight is 351 g/mol. The molecule has 0 unspecified atom stereocenters. The van der Waals surface area contributed by atoms with Gasteiger partial charge in [0, 0.05) is 30.2 Å². The molecule has 0 saturated carbocycles. The Morgan fingerprint density at radius 2 is 1.92 bits per heavy atom. The lowest BCUT2D eigenvalue weighted by molar-refractivity contribution is 0.252. The maximum absolute atomic E-state index is 14.2. The molecule has 2 heterocycles. The second-order valence-corrected chi connectivity index (χ2v) is 6.73. The maximum atomic E-state index is 14.2. The third-order valence-electron chi connectivity index (χ3n) is 3.93. The summed E-state index contributed by atoms with van der Waals surface area (Å²) in [5.74, 6) is -1.29. The molecule has 1 aliphatic rings. The van der Waals surface area contributed by atoms with E-state index in [-0.39, 0.29) is 11.4 Å². The summed E-state index contributed by atoms with van der Waals surface area (Å²) in [7, 11) is 0. The van der Waals surface area contributed by atoms with E-state index < -0.39 is 17.7 Å². The smallest absolute Gasteiger partial charge is 0.319 e. The van der Waals surface area contributed by atoms with Crippen LogP contribution < -0.4 is 15.5 Å². The van der Waals surface area contributed by atoms with Crippen molar-refractivity contribution in [2.45, 2.75) is 19.3 Å². The summed E-state index contributed by atoms with van der Waals surface area (Å²) in [5.41, 5.74) is 0.109. The fourth-order valence-corrected chi connectivity index (χ4v) is 3.52. The van der Waals surface area contributed by atoms with Gasteiger partial charge in [-0.2, -0.15) is 0 Å². The summed E-state index contributed by atoms with van der Waals surface area (Å²) in [6, 6.07) is 5.80. The number of hydrogen-bond acceptors (Lipinski definition) is 3. The summed E-state index contributed by atoms with van der Waals surface area (Å²) in [5, 5.41) is 7.13. The molecule has 1 aromatic carbocycles. The topological polar surface area (TPSA) is 44.4 Å². The first-order valence-electron chi connectivity index (χ1n) is 7.95. The van der Waals surface area contributed by atoms with Crippen molar-refractivity contribution in [3.8, 4) is 0 Å². The number of benzene rings is 1. The number of nitrogens with zero attached hydrogens (tertiary/aromatic N) is 1. The lowest BCUT2D eigenvalue weighted by Gasteiger charge is -2.19. The van der Waals surface area contributed by atoms with E-state index in [1.165, 1.54) is 4.88 Å². The molecule has 1 aliphatic heterocycles. The number of hydrogen-bond donors (Lipinski definition) is 2. The van der Waals surface area contributed by atoms with Crippen LogP contribution in [0.5, 0.6) is 0 Å². The minimum absolute atomic E-state index is 0.00356. The van der Waals surface area contributed by atoms with Crippen molar-refractivity contribution >= 4 is 28.7 Å². The van der Waals surface area contributed by atoms with E-state index in [9.17, 15) is 13.6 Å². The number of thiophene rings is 1. The maximum Gasteiger partial charge on any atom is 0.319 e. The molecule has 0 spiro atoms. The van der Waals surface area contributed by atoms with Crippen LogP contribution in [0.15, 0.2) is 29.6 Å². The normalized spacial score (nSPS) is 14.0. The predicted molar refractivity (Wildman–Crippen MR) is 92.8 cm³/mol. The van der Waals surface area contributed by atoms with Crippen LogP contribution in [0, 0.1) is 11.6 Å². The number of rotatable bonds is 5. The second-order valence-electron chi connectivity index (χ2n) is 5.69. The summed E-state index contributed by atoms with van der Waals surface area (Å²) in [6.45, 7) is 1.77. The van der Waals surface area contributed by atoms with Crippen molar-refractivity contribution in [1.82, 2.24) is 5.32 Å². The molecular weight excluding hydrogens is 332 g/mol. The zero-order valence-corrected chi connectivity index (χ0v) is 14.0. The summed E-state index contributed by atoms with van der Waals surface area (Å²) in [6.07, 6.45) is 2.60. The van der Waals surface area contributed by atoms with Gasteiger partial charge in [0.05, 0.1) is 0 Å². The molecule has 0 atom stereocenters. The van der Waals surface area contributed by atoms with Crippen LogP contribution in [0.25, 0.3) is 0 Å². The van der Waals surface area contributed by atoms with Crippen molar-refractivity contribution in [2.24, 2.45) is 0 Å². The van der Waals surface area contributed by atoms with E-state index in [2.05, 4.69) is 10.6 Å². The first-order chi connectivity index (χ1) is 11.6. The molecule has 0 radical (unpaired) electrons. The summed E-state index contributed by atoms with van der Waals surface area (Å²) in [4.78, 5) is 14.7. The Hall–Kier alpha value is -2.15. The highest BCUT2D eigenvalue weighted by Gasteiger charge is 2.21. The van der Waals surface area contributed by atoms with Crippen molar-refractivity contribution in [3.63, 3.8) is 0 Å². The predicted octanol–water partition coefficient (Wildman–Crippen LogP) is 3.99. The zero-order valence-electron chi connectivity index (χ0n) is 13.1. The number of amides is 2. The first-order valence-corrected chi connectivity index (χ1v) is 8.82. The number of anilines is 2. The molecule has 0 bridgehead atoms. The van der Waals surface area contributed by atoms with Gasteiger partial charge >= 0.3 is 6.03 Å². The van der Waals surface area contributed by atoms with Gasteiger partial charge in [-0.15, -0.1) is 11.3 Å². The monoisotopic (exact) mass is 351 g/mol. The van der Waals surface area contributed by atoms with Gasteiger partial charge in [-0.3, -0.25) is 0 Å². The number of carbonyl (C=O) groups excluding carboxylic acids is 1. The molecule has 1 fully saturated rings. The number of halogens is 2. The highest BCUT2D eigenvalue weighted by Crippen LogP contribution is 2.29. The van der Waals surface area contributed by atoms with Crippen LogP contribution in [0.4, 0.5) is 25.0 Å². The van der Waals surface area contributed by atoms with Gasteiger partial charge < -0.3 is 15.5 Å². The lowest BCUT2D eigenvalue weighted by atomic mass is 10.2. The molecule has 2 N–H and O–H groups in total. The van der Waals surface area contributed by atoms with E-state index in [1.807, 2.05) is 17.5 Å². The molecule has 3 rings (SSSR count). The number of urea groups is 1. The average Bonchev–Trinajstić information content (AvgIpc) is 3.20. The van der Waals surface area contributed by atoms with Crippen LogP contribution in [0.3, 0.4) is 0 Å². The van der Waals surface area contributed by atoms with Gasteiger partial charge in [0.1, 0.15) is 5.69 Å². The number of carbonyl (C=O) groups is 1.